The zero-order valence-electron chi connectivity index (χ0n) is 17.7. The molecule has 4 rings (SSSR count). The van der Waals surface area contributed by atoms with E-state index in [4.69, 9.17) is 4.74 Å². The van der Waals surface area contributed by atoms with Crippen LogP contribution in [-0.4, -0.2) is 64.6 Å². The Morgan fingerprint density at radius 1 is 1.19 bits per heavy atom. The summed E-state index contributed by atoms with van der Waals surface area (Å²) < 4.78 is 7.82. The van der Waals surface area contributed by atoms with Crippen LogP contribution in [0.25, 0.3) is 15.3 Å². The highest BCUT2D eigenvalue weighted by Gasteiger charge is 2.24. The summed E-state index contributed by atoms with van der Waals surface area (Å²) in [5, 5.41) is 6.43. The van der Waals surface area contributed by atoms with Gasteiger partial charge >= 0.3 is 6.09 Å². The number of piperidine rings is 1. The van der Waals surface area contributed by atoms with E-state index < -0.39 is 0 Å². The number of hydrogen-bond donors (Lipinski definition) is 2. The quantitative estimate of drug-likeness (QED) is 0.594. The second-order valence-corrected chi connectivity index (χ2v) is 8.49. The predicted octanol–water partition coefficient (Wildman–Crippen LogP) is 2.55. The Morgan fingerprint density at radius 2 is 1.94 bits per heavy atom. The van der Waals surface area contributed by atoms with E-state index in [9.17, 15) is 14.4 Å². The van der Waals surface area contributed by atoms with Gasteiger partial charge in [0.1, 0.15) is 0 Å². The van der Waals surface area contributed by atoms with E-state index >= 15 is 0 Å². The minimum absolute atomic E-state index is 0.0225. The molecule has 9 nitrogen and oxygen atoms in total. The van der Waals surface area contributed by atoms with E-state index in [-0.39, 0.29) is 30.5 Å². The molecule has 0 aliphatic carbocycles. The molecule has 1 aliphatic rings. The number of likely N-dealkylation sites (tertiary alicyclic amines) is 1. The molecule has 168 valence electrons. The molecule has 10 heteroatoms. The van der Waals surface area contributed by atoms with Gasteiger partial charge in [-0.2, -0.15) is 0 Å². The van der Waals surface area contributed by atoms with Gasteiger partial charge in [-0.3, -0.25) is 9.59 Å². The summed E-state index contributed by atoms with van der Waals surface area (Å²) in [6.07, 6.45) is 4.84. The van der Waals surface area contributed by atoms with Gasteiger partial charge in [0, 0.05) is 37.1 Å². The topological polar surface area (TPSA) is 106 Å². The molecule has 1 aliphatic heterocycles. The predicted molar refractivity (Wildman–Crippen MR) is 121 cm³/mol. The van der Waals surface area contributed by atoms with Gasteiger partial charge in [-0.25, -0.2) is 9.78 Å². The highest BCUT2D eigenvalue weighted by atomic mass is 32.1. The van der Waals surface area contributed by atoms with Crippen molar-refractivity contribution in [2.75, 3.05) is 26.2 Å². The second kappa shape index (κ2) is 9.82. The van der Waals surface area contributed by atoms with Crippen molar-refractivity contribution in [2.24, 2.45) is 0 Å². The highest BCUT2D eigenvalue weighted by Crippen LogP contribution is 2.26. The van der Waals surface area contributed by atoms with Crippen LogP contribution in [0.3, 0.4) is 0 Å². The number of amides is 3. The average molecular weight is 456 g/mol. The van der Waals surface area contributed by atoms with Gasteiger partial charge in [-0.05, 0) is 50.1 Å². The fraction of sp³-hybridized carbons (Fsp3) is 0.364. The van der Waals surface area contributed by atoms with Gasteiger partial charge in [0.15, 0.2) is 5.13 Å². The zero-order valence-corrected chi connectivity index (χ0v) is 18.6. The summed E-state index contributed by atoms with van der Waals surface area (Å²) >= 11 is 1.50. The Labute approximate surface area is 189 Å². The second-order valence-electron chi connectivity index (χ2n) is 7.48. The molecule has 1 fully saturated rings. The zero-order chi connectivity index (χ0) is 22.5. The lowest BCUT2D eigenvalue weighted by molar-refractivity contribution is -0.121. The number of rotatable bonds is 6. The Bertz CT molecular complexity index is 1100. The molecular formula is C22H25N5O4S. The van der Waals surface area contributed by atoms with Crippen molar-refractivity contribution in [3.8, 4) is 5.13 Å². The van der Waals surface area contributed by atoms with Crippen LogP contribution in [0.4, 0.5) is 4.79 Å². The minimum Gasteiger partial charge on any atom is -0.450 e. The van der Waals surface area contributed by atoms with E-state index in [0.717, 1.165) is 15.3 Å². The minimum atomic E-state index is -0.317. The summed E-state index contributed by atoms with van der Waals surface area (Å²) in [7, 11) is 0. The first-order valence-electron chi connectivity index (χ1n) is 10.6. The number of fused-ring (bicyclic) bond motifs is 1. The maximum Gasteiger partial charge on any atom is 0.409 e. The van der Waals surface area contributed by atoms with Crippen LogP contribution in [0, 0.1) is 0 Å². The van der Waals surface area contributed by atoms with Crippen molar-refractivity contribution < 1.29 is 19.1 Å². The van der Waals surface area contributed by atoms with E-state index in [1.165, 1.54) is 11.3 Å². The number of carbonyl (C=O) groups excluding carboxylic acids is 3. The lowest BCUT2D eigenvalue weighted by Crippen LogP contribution is -2.48. The van der Waals surface area contributed by atoms with Gasteiger partial charge in [0.25, 0.3) is 5.91 Å². The molecule has 3 aromatic rings. The SMILES string of the molecule is CCOC(=O)N1CCC(NC(=O)CNC(=O)c2ccc3nc(-n4cccc4)sc3c2)CC1. The molecule has 2 N–H and O–H groups in total. The maximum atomic E-state index is 12.5. The number of aromatic nitrogens is 2. The third kappa shape index (κ3) is 5.08. The van der Waals surface area contributed by atoms with Gasteiger partial charge in [0.05, 0.1) is 23.4 Å². The standard InChI is InChI=1S/C22H25N5O4S/c1-2-31-22(30)27-11-7-16(8-12-27)24-19(28)14-23-20(29)15-5-6-17-18(13-15)32-21(25-17)26-9-3-4-10-26/h3-6,9-10,13,16H,2,7-8,11-12,14H2,1H3,(H,23,29)(H,24,28). The Balaban J connectivity index is 1.27. The number of benzene rings is 1. The number of nitrogens with zero attached hydrogens (tertiary/aromatic N) is 3. The molecule has 0 atom stereocenters. The van der Waals surface area contributed by atoms with Crippen molar-refractivity contribution in [3.63, 3.8) is 0 Å². The number of hydrogen-bond acceptors (Lipinski definition) is 6. The van der Waals surface area contributed by atoms with Crippen LogP contribution in [0.15, 0.2) is 42.7 Å². The van der Waals surface area contributed by atoms with Crippen LogP contribution in [0.5, 0.6) is 0 Å². The van der Waals surface area contributed by atoms with E-state index in [2.05, 4.69) is 15.6 Å². The van der Waals surface area contributed by atoms with Crippen molar-refractivity contribution >= 4 is 39.5 Å². The molecule has 32 heavy (non-hydrogen) atoms. The smallest absolute Gasteiger partial charge is 0.409 e. The van der Waals surface area contributed by atoms with Gasteiger partial charge in [-0.15, -0.1) is 0 Å². The summed E-state index contributed by atoms with van der Waals surface area (Å²) in [4.78, 5) is 42.8. The Hall–Kier alpha value is -3.40. The molecule has 3 amide bonds. The molecule has 0 saturated carbocycles. The molecule has 0 bridgehead atoms. The highest BCUT2D eigenvalue weighted by molar-refractivity contribution is 7.20. The maximum absolute atomic E-state index is 12.5. The number of carbonyl (C=O) groups is 3. The summed E-state index contributed by atoms with van der Waals surface area (Å²) in [6, 6.07) is 9.15. The normalized spacial score (nSPS) is 14.3. The number of nitrogens with one attached hydrogen (secondary N) is 2. The van der Waals surface area contributed by atoms with Crippen molar-refractivity contribution in [2.45, 2.75) is 25.8 Å². The average Bonchev–Trinajstić information content (AvgIpc) is 3.47. The van der Waals surface area contributed by atoms with Gasteiger partial charge in [-0.1, -0.05) is 11.3 Å². The van der Waals surface area contributed by atoms with E-state index in [0.29, 0.717) is 38.1 Å². The summed E-state index contributed by atoms with van der Waals surface area (Å²) in [5.41, 5.74) is 1.30. The molecule has 0 unspecified atom stereocenters. The van der Waals surface area contributed by atoms with Gasteiger partial charge < -0.3 is 24.8 Å². The Morgan fingerprint density at radius 3 is 2.66 bits per heavy atom. The monoisotopic (exact) mass is 455 g/mol. The lowest BCUT2D eigenvalue weighted by atomic mass is 10.1. The molecule has 3 heterocycles. The third-order valence-electron chi connectivity index (χ3n) is 5.26. The molecular weight excluding hydrogens is 430 g/mol. The van der Waals surface area contributed by atoms with Crippen LogP contribution in [0.2, 0.25) is 0 Å². The van der Waals surface area contributed by atoms with Crippen LogP contribution < -0.4 is 10.6 Å². The fourth-order valence-corrected chi connectivity index (χ4v) is 4.56. The largest absolute Gasteiger partial charge is 0.450 e. The molecule has 1 saturated heterocycles. The lowest BCUT2D eigenvalue weighted by Gasteiger charge is -2.31. The van der Waals surface area contributed by atoms with Crippen molar-refractivity contribution in [1.29, 1.82) is 0 Å². The first-order chi connectivity index (χ1) is 15.5. The number of thiazole rings is 1. The summed E-state index contributed by atoms with van der Waals surface area (Å²) in [5.74, 6) is -0.559. The Kier molecular flexibility index (Phi) is 6.69. The van der Waals surface area contributed by atoms with Gasteiger partial charge in [0.2, 0.25) is 5.91 Å². The fourth-order valence-electron chi connectivity index (χ4n) is 3.59. The number of ether oxygens (including phenoxy) is 1. The molecule has 1 aromatic carbocycles. The first-order valence-corrected chi connectivity index (χ1v) is 11.4. The molecule has 0 spiro atoms. The van der Waals surface area contributed by atoms with Crippen LogP contribution in [-0.2, 0) is 9.53 Å². The van der Waals surface area contributed by atoms with Crippen molar-refractivity contribution in [3.05, 3.63) is 48.3 Å². The van der Waals surface area contributed by atoms with Crippen LogP contribution in [0.1, 0.15) is 30.1 Å². The third-order valence-corrected chi connectivity index (χ3v) is 6.29. The molecule has 0 radical (unpaired) electrons. The summed E-state index contributed by atoms with van der Waals surface area (Å²) in [6.45, 7) is 3.09. The van der Waals surface area contributed by atoms with E-state index in [1.807, 2.05) is 35.2 Å². The molecule has 2 aromatic heterocycles. The van der Waals surface area contributed by atoms with Crippen molar-refractivity contribution in [1.82, 2.24) is 25.1 Å². The van der Waals surface area contributed by atoms with Crippen LogP contribution >= 0.6 is 11.3 Å². The first kappa shape index (κ1) is 21.8. The van der Waals surface area contributed by atoms with E-state index in [1.54, 1.807) is 24.0 Å².